The molecule has 0 unspecified atom stereocenters. The van der Waals surface area contributed by atoms with Crippen LogP contribution in [-0.2, 0) is 19.8 Å². The van der Waals surface area contributed by atoms with Gasteiger partial charge in [-0.3, -0.25) is 14.3 Å². The summed E-state index contributed by atoms with van der Waals surface area (Å²) in [5.74, 6) is -0.556. The van der Waals surface area contributed by atoms with Crippen molar-refractivity contribution < 1.29 is 18.0 Å². The van der Waals surface area contributed by atoms with Crippen LogP contribution in [0.1, 0.15) is 21.7 Å². The highest BCUT2D eigenvalue weighted by molar-refractivity contribution is 6.33. The second kappa shape index (κ2) is 7.31. The first-order valence-electron chi connectivity index (χ1n) is 8.26. The van der Waals surface area contributed by atoms with Crippen LogP contribution in [-0.4, -0.2) is 26.8 Å². The Kier molecular flexibility index (Phi) is 5.20. The van der Waals surface area contributed by atoms with Crippen LogP contribution in [0.5, 0.6) is 0 Å². The Hall–Kier alpha value is -2.81. The number of benzene rings is 1. The molecule has 0 aliphatic rings. The molecule has 0 atom stereocenters. The predicted octanol–water partition coefficient (Wildman–Crippen LogP) is 3.15. The van der Waals surface area contributed by atoms with E-state index in [1.54, 1.807) is 19.1 Å². The van der Waals surface area contributed by atoms with Gasteiger partial charge < -0.3 is 9.88 Å². The fourth-order valence-electron chi connectivity index (χ4n) is 3.00. The Morgan fingerprint density at radius 2 is 2.00 bits per heavy atom. The number of hydrogen-bond donors (Lipinski definition) is 1. The van der Waals surface area contributed by atoms with Crippen LogP contribution in [0.3, 0.4) is 0 Å². The molecule has 10 heteroatoms. The van der Waals surface area contributed by atoms with Crippen LogP contribution < -0.4 is 10.7 Å². The number of nitrogens with zero attached hydrogens (tertiary/aromatic N) is 3. The molecule has 0 aliphatic heterocycles. The zero-order valence-corrected chi connectivity index (χ0v) is 15.7. The predicted molar refractivity (Wildman–Crippen MR) is 98.5 cm³/mol. The Morgan fingerprint density at radius 1 is 1.29 bits per heavy atom. The molecule has 0 aliphatic carbocycles. The molecule has 28 heavy (non-hydrogen) atoms. The highest BCUT2D eigenvalue weighted by Crippen LogP contribution is 2.30. The highest BCUT2D eigenvalue weighted by atomic mass is 35.5. The Balaban J connectivity index is 1.94. The SMILES string of the molecule is Cc1ccc2c(c1)c(=O)cc(C(F)(F)F)n2CCNC(=O)c1c(Cl)cnn1C. The van der Waals surface area contributed by atoms with Crippen molar-refractivity contribution in [1.29, 1.82) is 0 Å². The van der Waals surface area contributed by atoms with Gasteiger partial charge in [0, 0.05) is 31.6 Å². The number of nitrogens with one attached hydrogen (secondary N) is 1. The lowest BCUT2D eigenvalue weighted by atomic mass is 10.1. The summed E-state index contributed by atoms with van der Waals surface area (Å²) < 4.78 is 42.7. The van der Waals surface area contributed by atoms with E-state index in [2.05, 4.69) is 10.4 Å². The summed E-state index contributed by atoms with van der Waals surface area (Å²) in [5.41, 5.74) is -0.749. The first kappa shape index (κ1) is 19.9. The van der Waals surface area contributed by atoms with Gasteiger partial charge in [0.25, 0.3) is 5.91 Å². The molecule has 3 aromatic rings. The molecule has 1 amide bonds. The minimum Gasteiger partial charge on any atom is -0.349 e. The maximum Gasteiger partial charge on any atom is 0.431 e. The van der Waals surface area contributed by atoms with Crippen molar-refractivity contribution in [2.24, 2.45) is 7.05 Å². The van der Waals surface area contributed by atoms with E-state index >= 15 is 0 Å². The van der Waals surface area contributed by atoms with E-state index in [1.165, 1.54) is 24.0 Å². The molecule has 0 saturated carbocycles. The quantitative estimate of drug-likeness (QED) is 0.715. The lowest BCUT2D eigenvalue weighted by Gasteiger charge is -2.19. The molecule has 0 radical (unpaired) electrons. The monoisotopic (exact) mass is 412 g/mol. The molecule has 2 aromatic heterocycles. The van der Waals surface area contributed by atoms with Gasteiger partial charge >= 0.3 is 6.18 Å². The second-order valence-corrected chi connectivity index (χ2v) is 6.69. The molecule has 148 valence electrons. The number of carbonyl (C=O) groups is 1. The number of carbonyl (C=O) groups excluding carboxylic acids is 1. The number of fused-ring (bicyclic) bond motifs is 1. The van der Waals surface area contributed by atoms with Crippen molar-refractivity contribution in [3.63, 3.8) is 0 Å². The summed E-state index contributed by atoms with van der Waals surface area (Å²) in [5, 5.41) is 6.71. The molecular formula is C18H16ClF3N4O2. The van der Waals surface area contributed by atoms with Crippen LogP contribution in [0.25, 0.3) is 10.9 Å². The average Bonchev–Trinajstić information content (AvgIpc) is 2.94. The Labute approximate surface area is 162 Å². The van der Waals surface area contributed by atoms with Crippen molar-refractivity contribution in [1.82, 2.24) is 19.7 Å². The Bertz CT molecular complexity index is 1100. The second-order valence-electron chi connectivity index (χ2n) is 6.28. The fourth-order valence-corrected chi connectivity index (χ4v) is 3.25. The minimum atomic E-state index is -4.71. The molecule has 2 heterocycles. The van der Waals surface area contributed by atoms with Gasteiger partial charge in [0.05, 0.1) is 16.7 Å². The van der Waals surface area contributed by atoms with E-state index < -0.39 is 23.2 Å². The van der Waals surface area contributed by atoms with Gasteiger partial charge in [0.1, 0.15) is 11.4 Å². The standard InChI is InChI=1S/C18H16ClF3N4O2/c1-10-3-4-13-11(7-10)14(27)8-15(18(20,21)22)26(13)6-5-23-17(28)16-12(19)9-24-25(16)2/h3-4,7-9H,5-6H2,1-2H3,(H,23,28). The third-order valence-corrected chi connectivity index (χ3v) is 4.56. The van der Waals surface area contributed by atoms with Crippen LogP contribution in [0.2, 0.25) is 5.02 Å². The molecule has 6 nitrogen and oxygen atoms in total. The third-order valence-electron chi connectivity index (χ3n) is 4.29. The summed E-state index contributed by atoms with van der Waals surface area (Å²) in [6.07, 6.45) is -3.41. The van der Waals surface area contributed by atoms with Crippen molar-refractivity contribution in [3.8, 4) is 0 Å². The zero-order chi connectivity index (χ0) is 20.6. The van der Waals surface area contributed by atoms with Gasteiger partial charge in [0.2, 0.25) is 0 Å². The number of aryl methyl sites for hydroxylation is 2. The van der Waals surface area contributed by atoms with E-state index in [0.29, 0.717) is 6.07 Å². The van der Waals surface area contributed by atoms with Gasteiger partial charge in [-0.05, 0) is 19.1 Å². The van der Waals surface area contributed by atoms with E-state index in [9.17, 15) is 22.8 Å². The number of aromatic nitrogens is 3. The van der Waals surface area contributed by atoms with Gasteiger partial charge in [-0.1, -0.05) is 23.2 Å². The van der Waals surface area contributed by atoms with E-state index in [0.717, 1.165) is 10.1 Å². The van der Waals surface area contributed by atoms with E-state index in [-0.39, 0.29) is 34.7 Å². The normalized spacial score (nSPS) is 11.8. The number of hydrogen-bond acceptors (Lipinski definition) is 3. The lowest BCUT2D eigenvalue weighted by Crippen LogP contribution is -2.31. The number of rotatable bonds is 4. The minimum absolute atomic E-state index is 0.102. The van der Waals surface area contributed by atoms with E-state index in [4.69, 9.17) is 11.6 Å². The molecule has 0 spiro atoms. The first-order valence-corrected chi connectivity index (χ1v) is 8.64. The summed E-state index contributed by atoms with van der Waals surface area (Å²) in [6.45, 7) is 1.46. The summed E-state index contributed by atoms with van der Waals surface area (Å²) in [4.78, 5) is 24.4. The maximum absolute atomic E-state index is 13.5. The summed E-state index contributed by atoms with van der Waals surface area (Å²) in [7, 11) is 1.53. The zero-order valence-electron chi connectivity index (χ0n) is 15.0. The fraction of sp³-hybridized carbons (Fsp3) is 0.278. The molecule has 0 saturated heterocycles. The molecule has 3 rings (SSSR count). The van der Waals surface area contributed by atoms with E-state index in [1.807, 2.05) is 0 Å². The largest absolute Gasteiger partial charge is 0.431 e. The van der Waals surface area contributed by atoms with Crippen molar-refractivity contribution >= 4 is 28.4 Å². The highest BCUT2D eigenvalue weighted by Gasteiger charge is 2.35. The van der Waals surface area contributed by atoms with Crippen molar-refractivity contribution in [2.75, 3.05) is 6.54 Å². The topological polar surface area (TPSA) is 68.9 Å². The van der Waals surface area contributed by atoms with Gasteiger partial charge in [-0.25, -0.2) is 0 Å². The van der Waals surface area contributed by atoms with Crippen LogP contribution in [0.15, 0.2) is 35.3 Å². The molecule has 0 fully saturated rings. The number of alkyl halides is 3. The number of halogens is 4. The lowest BCUT2D eigenvalue weighted by molar-refractivity contribution is -0.143. The molecule has 1 aromatic carbocycles. The van der Waals surface area contributed by atoms with Gasteiger partial charge in [-0.15, -0.1) is 0 Å². The number of pyridine rings is 1. The summed E-state index contributed by atoms with van der Waals surface area (Å²) in [6, 6.07) is 5.23. The van der Waals surface area contributed by atoms with Crippen molar-refractivity contribution in [3.05, 3.63) is 62.7 Å². The summed E-state index contributed by atoms with van der Waals surface area (Å²) >= 11 is 5.90. The van der Waals surface area contributed by atoms with Gasteiger partial charge in [-0.2, -0.15) is 18.3 Å². The van der Waals surface area contributed by atoms with Crippen molar-refractivity contribution in [2.45, 2.75) is 19.6 Å². The smallest absolute Gasteiger partial charge is 0.349 e. The van der Waals surface area contributed by atoms with Crippen LogP contribution in [0, 0.1) is 6.92 Å². The molecular weight excluding hydrogens is 397 g/mol. The van der Waals surface area contributed by atoms with Crippen LogP contribution >= 0.6 is 11.6 Å². The number of amides is 1. The van der Waals surface area contributed by atoms with Gasteiger partial charge in [0.15, 0.2) is 5.43 Å². The molecule has 1 N–H and O–H groups in total. The molecule has 0 bridgehead atoms. The average molecular weight is 413 g/mol. The Morgan fingerprint density at radius 3 is 2.61 bits per heavy atom. The maximum atomic E-state index is 13.5. The van der Waals surface area contributed by atoms with Crippen LogP contribution in [0.4, 0.5) is 13.2 Å². The third kappa shape index (κ3) is 3.75. The first-order chi connectivity index (χ1) is 13.1.